The molecule has 15 heavy (non-hydrogen) atoms. The fourth-order valence-electron chi connectivity index (χ4n) is 1.40. The van der Waals surface area contributed by atoms with E-state index >= 15 is 0 Å². The number of thioether (sulfide) groups is 1. The van der Waals surface area contributed by atoms with Gasteiger partial charge in [-0.25, -0.2) is 0 Å². The van der Waals surface area contributed by atoms with E-state index in [0.29, 0.717) is 0 Å². The molecule has 2 heterocycles. The molecule has 0 N–H and O–H groups in total. The van der Waals surface area contributed by atoms with Crippen LogP contribution in [-0.2, 0) is 4.79 Å². The summed E-state index contributed by atoms with van der Waals surface area (Å²) in [7, 11) is 1.95. The summed E-state index contributed by atoms with van der Waals surface area (Å²) in [5.74, 6) is 0.0350. The van der Waals surface area contributed by atoms with Crippen LogP contribution in [0.4, 0.5) is 0 Å². The first-order chi connectivity index (χ1) is 7.09. The Kier molecular flexibility index (Phi) is 2.80. The van der Waals surface area contributed by atoms with Gasteiger partial charge in [0, 0.05) is 19.4 Å². The van der Waals surface area contributed by atoms with Crippen LogP contribution in [0.2, 0.25) is 0 Å². The van der Waals surface area contributed by atoms with Crippen LogP contribution < -0.4 is 0 Å². The molecular weight excluding hydrogens is 226 g/mol. The van der Waals surface area contributed by atoms with Crippen LogP contribution in [0.25, 0.3) is 0 Å². The van der Waals surface area contributed by atoms with E-state index in [0.717, 1.165) is 14.7 Å². The molecule has 0 aliphatic carbocycles. The highest BCUT2D eigenvalue weighted by molar-refractivity contribution is 8.27. The average Bonchev–Trinajstić information content (AvgIpc) is 2.47. The van der Waals surface area contributed by atoms with Gasteiger partial charge in [0.2, 0.25) is 0 Å². The van der Waals surface area contributed by atoms with Crippen LogP contribution in [0.5, 0.6) is 0 Å². The monoisotopic (exact) mass is 237 g/mol. The minimum Gasteiger partial charge on any atom is -0.357 e. The zero-order chi connectivity index (χ0) is 11.0. The molecule has 0 spiro atoms. The summed E-state index contributed by atoms with van der Waals surface area (Å²) in [6.45, 7) is 1.87. The largest absolute Gasteiger partial charge is 0.357 e. The van der Waals surface area contributed by atoms with Crippen LogP contribution in [0.15, 0.2) is 35.0 Å². The Balaban J connectivity index is 2.36. The summed E-state index contributed by atoms with van der Waals surface area (Å²) in [6.07, 6.45) is 7.76. The molecule has 0 aromatic rings. The second kappa shape index (κ2) is 3.94. The normalized spacial score (nSPS) is 25.7. The lowest BCUT2D eigenvalue weighted by Crippen LogP contribution is -2.09. The third-order valence-corrected chi connectivity index (χ3v) is 4.21. The number of thiocarbonyl (C=S) groups is 1. The molecule has 0 amide bonds. The van der Waals surface area contributed by atoms with Gasteiger partial charge >= 0.3 is 0 Å². The summed E-state index contributed by atoms with van der Waals surface area (Å²) in [5.41, 5.74) is 0.967. The molecule has 1 unspecified atom stereocenters. The van der Waals surface area contributed by atoms with E-state index in [4.69, 9.17) is 12.2 Å². The maximum atomic E-state index is 11.8. The minimum atomic E-state index is -0.117. The lowest BCUT2D eigenvalue weighted by molar-refractivity contribution is -0.116. The molecule has 0 radical (unpaired) electrons. The van der Waals surface area contributed by atoms with E-state index in [2.05, 4.69) is 0 Å². The lowest BCUT2D eigenvalue weighted by atomic mass is 10.1. The van der Waals surface area contributed by atoms with Crippen molar-refractivity contribution in [2.75, 3.05) is 7.05 Å². The molecule has 4 heteroatoms. The predicted octanol–water partition coefficient (Wildman–Crippen LogP) is 2.49. The number of allylic oxidation sites excluding steroid dienone is 4. The van der Waals surface area contributed by atoms with Crippen LogP contribution in [-0.4, -0.2) is 21.9 Å². The van der Waals surface area contributed by atoms with Crippen molar-refractivity contribution in [1.29, 1.82) is 0 Å². The third-order valence-electron chi connectivity index (χ3n) is 2.41. The van der Waals surface area contributed by atoms with Crippen LogP contribution >= 0.6 is 24.0 Å². The number of hydrogen-bond acceptors (Lipinski definition) is 4. The lowest BCUT2D eigenvalue weighted by Gasteiger charge is -2.12. The van der Waals surface area contributed by atoms with Crippen LogP contribution in [0.1, 0.15) is 6.92 Å². The Hall–Kier alpha value is -0.870. The van der Waals surface area contributed by atoms with E-state index in [1.54, 1.807) is 0 Å². The molecule has 2 aliphatic heterocycles. The Morgan fingerprint density at radius 3 is 2.47 bits per heavy atom. The second-order valence-corrected chi connectivity index (χ2v) is 5.34. The van der Waals surface area contributed by atoms with Crippen LogP contribution in [0, 0.1) is 5.92 Å². The maximum Gasteiger partial charge on any atom is 0.178 e. The predicted molar refractivity (Wildman–Crippen MR) is 67.4 cm³/mol. The molecule has 0 bridgehead atoms. The summed E-state index contributed by atoms with van der Waals surface area (Å²) >= 11 is 6.57. The highest BCUT2D eigenvalue weighted by Gasteiger charge is 2.32. The Bertz CT molecular complexity index is 404. The highest BCUT2D eigenvalue weighted by atomic mass is 32.2. The van der Waals surface area contributed by atoms with Gasteiger partial charge in [-0.05, 0) is 24.6 Å². The smallest absolute Gasteiger partial charge is 0.178 e. The van der Waals surface area contributed by atoms with E-state index < -0.39 is 0 Å². The summed E-state index contributed by atoms with van der Waals surface area (Å²) in [6, 6.07) is 0. The zero-order valence-electron chi connectivity index (χ0n) is 8.56. The third kappa shape index (κ3) is 1.92. The molecule has 2 rings (SSSR count). The minimum absolute atomic E-state index is 0.117. The van der Waals surface area contributed by atoms with Crippen molar-refractivity contribution in [3.8, 4) is 0 Å². The average molecular weight is 237 g/mol. The number of rotatable bonds is 0. The fraction of sp³-hybridized carbons (Fsp3) is 0.273. The van der Waals surface area contributed by atoms with Crippen molar-refractivity contribution in [2.45, 2.75) is 6.92 Å². The van der Waals surface area contributed by atoms with Crippen molar-refractivity contribution < 1.29 is 4.79 Å². The van der Waals surface area contributed by atoms with Gasteiger partial charge in [0.05, 0.1) is 15.0 Å². The van der Waals surface area contributed by atoms with Crippen LogP contribution in [0.3, 0.4) is 0 Å². The number of carbonyl (C=O) groups excluding carboxylic acids is 1. The molecule has 1 atom stereocenters. The molecule has 2 nitrogen and oxygen atoms in total. The molecule has 0 aromatic carbocycles. The summed E-state index contributed by atoms with van der Waals surface area (Å²) < 4.78 is 0.781. The Labute approximate surface area is 98.7 Å². The first kappa shape index (κ1) is 10.6. The SMILES string of the molecule is CC1C(=O)C(=C2C=CN(C)C=C2)SC1=S. The molecular formula is C11H11NOS2. The maximum absolute atomic E-state index is 11.8. The van der Waals surface area contributed by atoms with E-state index in [9.17, 15) is 4.79 Å². The van der Waals surface area contributed by atoms with Gasteiger partial charge in [0.1, 0.15) is 0 Å². The summed E-state index contributed by atoms with van der Waals surface area (Å²) in [5, 5.41) is 0. The van der Waals surface area contributed by atoms with Crippen molar-refractivity contribution in [3.63, 3.8) is 0 Å². The second-order valence-electron chi connectivity index (χ2n) is 3.59. The topological polar surface area (TPSA) is 20.3 Å². The van der Waals surface area contributed by atoms with Crippen molar-refractivity contribution in [1.82, 2.24) is 4.90 Å². The molecule has 2 aliphatic rings. The Morgan fingerprint density at radius 2 is 2.00 bits per heavy atom. The zero-order valence-corrected chi connectivity index (χ0v) is 10.2. The van der Waals surface area contributed by atoms with Crippen molar-refractivity contribution in [3.05, 3.63) is 35.0 Å². The van der Waals surface area contributed by atoms with Gasteiger partial charge in [-0.3, -0.25) is 4.79 Å². The van der Waals surface area contributed by atoms with Gasteiger partial charge in [0.25, 0.3) is 0 Å². The molecule has 78 valence electrons. The Morgan fingerprint density at radius 1 is 1.40 bits per heavy atom. The molecule has 1 saturated heterocycles. The van der Waals surface area contributed by atoms with Gasteiger partial charge in [-0.1, -0.05) is 24.0 Å². The van der Waals surface area contributed by atoms with Crippen molar-refractivity contribution >= 4 is 34.0 Å². The van der Waals surface area contributed by atoms with E-state index in [1.165, 1.54) is 11.8 Å². The molecule has 0 aromatic heterocycles. The van der Waals surface area contributed by atoms with Gasteiger partial charge in [0.15, 0.2) is 5.78 Å². The standard InChI is InChI=1S/C11H11NOS2/c1-7-9(13)10(15-11(7)14)8-3-5-12(2)6-4-8/h3-7H,1-2H3. The summed E-state index contributed by atoms with van der Waals surface area (Å²) in [4.78, 5) is 14.6. The number of Topliss-reactive ketones (excluding diaryl/α,β-unsaturated/α-hetero) is 1. The van der Waals surface area contributed by atoms with Crippen molar-refractivity contribution in [2.24, 2.45) is 5.92 Å². The number of nitrogens with zero attached hydrogens (tertiary/aromatic N) is 1. The van der Waals surface area contributed by atoms with Gasteiger partial charge in [-0.15, -0.1) is 0 Å². The number of carbonyl (C=O) groups is 1. The number of hydrogen-bond donors (Lipinski definition) is 0. The van der Waals surface area contributed by atoms with Gasteiger partial charge in [-0.2, -0.15) is 0 Å². The quantitative estimate of drug-likeness (QED) is 0.476. The van der Waals surface area contributed by atoms with E-state index in [1.807, 2.05) is 43.4 Å². The first-order valence-electron chi connectivity index (χ1n) is 4.68. The van der Waals surface area contributed by atoms with Gasteiger partial charge < -0.3 is 4.90 Å². The fourth-order valence-corrected chi connectivity index (χ4v) is 2.77. The highest BCUT2D eigenvalue weighted by Crippen LogP contribution is 2.37. The first-order valence-corrected chi connectivity index (χ1v) is 5.90. The van der Waals surface area contributed by atoms with E-state index in [-0.39, 0.29) is 11.7 Å². The number of ketones is 1. The molecule has 0 saturated carbocycles. The molecule has 1 fully saturated rings.